The fourth-order valence-corrected chi connectivity index (χ4v) is 5.82. The normalized spacial score (nSPS) is 11.2. The number of benzene rings is 5. The molecule has 5 aromatic carbocycles. The predicted octanol–water partition coefficient (Wildman–Crippen LogP) is 5.83. The number of carboxylic acid groups (broad SMARTS) is 1. The van der Waals surface area contributed by atoms with Crippen LogP contribution in [0.25, 0.3) is 6.08 Å². The molecule has 0 bridgehead atoms. The van der Waals surface area contributed by atoms with E-state index >= 15 is 0 Å². The second kappa shape index (κ2) is 19.8. The Morgan fingerprint density at radius 1 is 0.645 bits per heavy atom. The van der Waals surface area contributed by atoms with Gasteiger partial charge in [-0.15, -0.1) is 12.3 Å². The highest BCUT2D eigenvalue weighted by Crippen LogP contribution is 2.40. The van der Waals surface area contributed by atoms with Gasteiger partial charge in [-0.2, -0.15) is 0 Å². The first-order chi connectivity index (χ1) is 29.6. The van der Waals surface area contributed by atoms with Crippen molar-refractivity contribution in [3.8, 4) is 41.1 Å². The molecule has 0 aromatic heterocycles. The van der Waals surface area contributed by atoms with Gasteiger partial charge in [0.15, 0.2) is 23.0 Å². The first-order valence-corrected chi connectivity index (χ1v) is 18.3. The standard InChI is InChI=1S/C45H39N5O12/c1-5-6-35(50-42(56)27-9-13-28(14-10-27)46-40(54)24(2)23-25-7-17-30(51)18-8-25)44(58)47-29-15-11-26(12-16-29)41(55)48-33-21-19-31(36(52)38(33)61-3)43(57)49-34-22-20-32(45(59)60)37(53)39(34)62-4/h1,7-23,35,51-53H,6H2,2-4H3,(H,46,54)(H,47,58)(H,48,55)(H,49,57)(H,50,56)(H,59,60)/b24-23+/t35-/m0/s1. The number of phenols is 3. The minimum absolute atomic E-state index is 0.00792. The van der Waals surface area contributed by atoms with Crippen LogP contribution in [0.2, 0.25) is 0 Å². The van der Waals surface area contributed by atoms with Crippen LogP contribution in [0.4, 0.5) is 22.7 Å². The summed E-state index contributed by atoms with van der Waals surface area (Å²) in [5.41, 5.74) is 1.28. The number of amides is 5. The van der Waals surface area contributed by atoms with Gasteiger partial charge in [-0.25, -0.2) is 4.79 Å². The Morgan fingerprint density at radius 2 is 1.15 bits per heavy atom. The summed E-state index contributed by atoms with van der Waals surface area (Å²) in [5, 5.41) is 52.9. The largest absolute Gasteiger partial charge is 0.508 e. The van der Waals surface area contributed by atoms with E-state index in [1.54, 1.807) is 25.1 Å². The van der Waals surface area contributed by atoms with Crippen LogP contribution >= 0.6 is 0 Å². The third-order valence-corrected chi connectivity index (χ3v) is 9.04. The van der Waals surface area contributed by atoms with E-state index in [0.717, 1.165) is 18.7 Å². The molecule has 0 aliphatic heterocycles. The molecule has 0 unspecified atom stereocenters. The van der Waals surface area contributed by atoms with E-state index in [4.69, 9.17) is 15.9 Å². The van der Waals surface area contributed by atoms with Crippen LogP contribution in [0.5, 0.6) is 28.7 Å². The lowest BCUT2D eigenvalue weighted by Gasteiger charge is -2.17. The van der Waals surface area contributed by atoms with Crippen LogP contribution in [-0.2, 0) is 9.59 Å². The molecule has 17 heteroatoms. The van der Waals surface area contributed by atoms with Gasteiger partial charge in [-0.3, -0.25) is 24.0 Å². The lowest BCUT2D eigenvalue weighted by atomic mass is 10.1. The van der Waals surface area contributed by atoms with Gasteiger partial charge >= 0.3 is 5.97 Å². The van der Waals surface area contributed by atoms with Crippen molar-refractivity contribution in [2.75, 3.05) is 35.5 Å². The summed E-state index contributed by atoms with van der Waals surface area (Å²) in [5.74, 6) is -4.04. The number of hydrogen-bond donors (Lipinski definition) is 9. The van der Waals surface area contributed by atoms with E-state index in [1.165, 1.54) is 86.0 Å². The Bertz CT molecular complexity index is 2620. The van der Waals surface area contributed by atoms with Crippen LogP contribution < -0.4 is 36.1 Å². The van der Waals surface area contributed by atoms with Crippen molar-refractivity contribution in [1.29, 1.82) is 0 Å². The van der Waals surface area contributed by atoms with E-state index < -0.39 is 52.7 Å². The highest BCUT2D eigenvalue weighted by molar-refractivity contribution is 6.11. The van der Waals surface area contributed by atoms with Crippen molar-refractivity contribution in [3.05, 3.63) is 130 Å². The highest BCUT2D eigenvalue weighted by Gasteiger charge is 2.25. The number of rotatable bonds is 15. The second-order valence-corrected chi connectivity index (χ2v) is 13.2. The highest BCUT2D eigenvalue weighted by atomic mass is 16.5. The van der Waals surface area contributed by atoms with Crippen molar-refractivity contribution >= 4 is 64.3 Å². The number of carboxylic acids is 1. The van der Waals surface area contributed by atoms with Crippen molar-refractivity contribution in [2.45, 2.75) is 19.4 Å². The average molecular weight is 842 g/mol. The molecule has 0 saturated carbocycles. The lowest BCUT2D eigenvalue weighted by Crippen LogP contribution is -2.43. The molecule has 5 aromatic rings. The molecule has 316 valence electrons. The molecule has 62 heavy (non-hydrogen) atoms. The van der Waals surface area contributed by atoms with Crippen LogP contribution in [-0.4, -0.2) is 76.2 Å². The summed E-state index contributed by atoms with van der Waals surface area (Å²) in [6.45, 7) is 1.63. The number of aromatic hydroxyl groups is 3. The lowest BCUT2D eigenvalue weighted by molar-refractivity contribution is -0.118. The van der Waals surface area contributed by atoms with Crippen LogP contribution in [0.15, 0.2) is 103 Å². The van der Waals surface area contributed by atoms with E-state index in [0.29, 0.717) is 11.3 Å². The number of ether oxygens (including phenoxy) is 2. The van der Waals surface area contributed by atoms with Gasteiger partial charge in [0.1, 0.15) is 17.4 Å². The van der Waals surface area contributed by atoms with Gasteiger partial charge in [0.2, 0.25) is 5.91 Å². The smallest absolute Gasteiger partial charge is 0.339 e. The Labute approximate surface area is 354 Å². The number of carbonyl (C=O) groups excluding carboxylic acids is 5. The second-order valence-electron chi connectivity index (χ2n) is 13.2. The molecular formula is C45H39N5O12. The maximum absolute atomic E-state index is 13.2. The summed E-state index contributed by atoms with van der Waals surface area (Å²) in [7, 11) is 2.36. The molecule has 5 amide bonds. The fraction of sp³-hybridized carbons (Fsp3) is 0.111. The van der Waals surface area contributed by atoms with Crippen molar-refractivity contribution < 1.29 is 58.7 Å². The fourth-order valence-electron chi connectivity index (χ4n) is 5.82. The molecule has 1 atom stereocenters. The molecule has 0 saturated heterocycles. The zero-order valence-electron chi connectivity index (χ0n) is 33.2. The maximum atomic E-state index is 13.2. The SMILES string of the molecule is C#CC[C@H](NC(=O)c1ccc(NC(=O)/C(C)=C/c2ccc(O)cc2)cc1)C(=O)Nc1ccc(C(=O)Nc2ccc(C(=O)Nc3ccc(C(=O)O)c(O)c3OC)c(O)c2OC)cc1. The van der Waals surface area contributed by atoms with Gasteiger partial charge in [0.25, 0.3) is 23.6 Å². The van der Waals surface area contributed by atoms with Crippen LogP contribution in [0.3, 0.4) is 0 Å². The monoisotopic (exact) mass is 841 g/mol. The predicted molar refractivity (Wildman–Crippen MR) is 229 cm³/mol. The Morgan fingerprint density at radius 3 is 1.68 bits per heavy atom. The number of terminal acetylenes is 1. The Hall–Kier alpha value is -8.78. The number of hydrogen-bond acceptors (Lipinski definition) is 11. The van der Waals surface area contributed by atoms with Crippen molar-refractivity contribution in [1.82, 2.24) is 5.32 Å². The topological polar surface area (TPSA) is 262 Å². The molecule has 0 aliphatic carbocycles. The summed E-state index contributed by atoms with van der Waals surface area (Å²) in [4.78, 5) is 76.7. The molecular weight excluding hydrogens is 803 g/mol. The van der Waals surface area contributed by atoms with Gasteiger partial charge < -0.3 is 56.5 Å². The first-order valence-electron chi connectivity index (χ1n) is 18.3. The van der Waals surface area contributed by atoms with Gasteiger partial charge in [0, 0.05) is 34.5 Å². The first kappa shape index (κ1) is 44.3. The summed E-state index contributed by atoms with van der Waals surface area (Å²) >= 11 is 0. The minimum Gasteiger partial charge on any atom is -0.508 e. The van der Waals surface area contributed by atoms with E-state index in [-0.39, 0.29) is 63.3 Å². The number of carbonyl (C=O) groups is 6. The molecule has 0 fully saturated rings. The van der Waals surface area contributed by atoms with E-state index in [1.807, 2.05) is 0 Å². The number of anilines is 4. The van der Waals surface area contributed by atoms with Crippen molar-refractivity contribution in [3.63, 3.8) is 0 Å². The van der Waals surface area contributed by atoms with Gasteiger partial charge in [-0.05, 0) is 103 Å². The van der Waals surface area contributed by atoms with Crippen molar-refractivity contribution in [2.24, 2.45) is 0 Å². The third kappa shape index (κ3) is 10.6. The Balaban J connectivity index is 1.18. The number of phenolic OH excluding ortho intramolecular Hbond substituents is 2. The number of methoxy groups -OCH3 is 2. The third-order valence-electron chi connectivity index (χ3n) is 9.04. The molecule has 0 radical (unpaired) electrons. The Kier molecular flexibility index (Phi) is 14.1. The van der Waals surface area contributed by atoms with Gasteiger partial charge in [-0.1, -0.05) is 12.1 Å². The molecule has 0 heterocycles. The minimum atomic E-state index is -1.42. The molecule has 9 N–H and O–H groups in total. The molecule has 17 nitrogen and oxygen atoms in total. The zero-order valence-corrected chi connectivity index (χ0v) is 33.2. The molecule has 5 rings (SSSR count). The maximum Gasteiger partial charge on any atom is 0.339 e. The van der Waals surface area contributed by atoms with Crippen LogP contribution in [0.1, 0.15) is 60.3 Å². The van der Waals surface area contributed by atoms with E-state index in [9.17, 15) is 49.2 Å². The molecule has 0 spiro atoms. The zero-order chi connectivity index (χ0) is 45.1. The van der Waals surface area contributed by atoms with E-state index in [2.05, 4.69) is 32.5 Å². The molecule has 0 aliphatic rings. The summed E-state index contributed by atoms with van der Waals surface area (Å²) in [6.07, 6.45) is 7.00. The van der Waals surface area contributed by atoms with Gasteiger partial charge in [0.05, 0.1) is 31.2 Å². The number of aromatic carboxylic acids is 1. The number of nitrogens with one attached hydrogen (secondary N) is 5. The average Bonchev–Trinajstić information content (AvgIpc) is 3.24. The summed E-state index contributed by atoms with van der Waals surface area (Å²) in [6, 6.07) is 21.6. The quantitative estimate of drug-likeness (QED) is 0.0446. The van der Waals surface area contributed by atoms with Crippen LogP contribution in [0, 0.1) is 12.3 Å². The summed E-state index contributed by atoms with van der Waals surface area (Å²) < 4.78 is 10.3.